The van der Waals surface area contributed by atoms with E-state index in [1.54, 1.807) is 19.1 Å². The molecule has 0 aliphatic carbocycles. The number of carbonyl (C=O) groups excluding carboxylic acids is 1. The van der Waals surface area contributed by atoms with Crippen molar-refractivity contribution in [3.8, 4) is 0 Å². The molecule has 0 aliphatic rings. The number of rotatable bonds is 3. The number of hydrogen-bond acceptors (Lipinski definition) is 1. The summed E-state index contributed by atoms with van der Waals surface area (Å²) < 4.78 is 13.0. The molecule has 1 rings (SSSR count). The fourth-order valence-electron chi connectivity index (χ4n) is 1.04. The molecule has 0 N–H and O–H groups in total. The maximum Gasteiger partial charge on any atom is 0.138 e. The number of aryl methyl sites for hydroxylation is 1. The minimum atomic E-state index is -0.567. The predicted molar refractivity (Wildman–Crippen MR) is 50.5 cm³/mol. The third-order valence-electron chi connectivity index (χ3n) is 1.81. The first-order chi connectivity index (χ1) is 6.13. The Morgan fingerprint density at radius 3 is 2.85 bits per heavy atom. The van der Waals surface area contributed by atoms with Crippen molar-refractivity contribution in [2.75, 3.05) is 0 Å². The van der Waals surface area contributed by atoms with E-state index in [4.69, 9.17) is 11.6 Å². The summed E-state index contributed by atoms with van der Waals surface area (Å²) in [4.78, 5) is 10.2. The van der Waals surface area contributed by atoms with Crippen LogP contribution in [0.15, 0.2) is 18.2 Å². The number of carbonyl (C=O) groups is 1. The predicted octanol–water partition coefficient (Wildman–Crippen LogP) is 2.48. The number of alkyl halides is 1. The van der Waals surface area contributed by atoms with E-state index in [9.17, 15) is 9.18 Å². The largest absolute Gasteiger partial charge is 0.302 e. The molecule has 13 heavy (non-hydrogen) atoms. The molecule has 0 heterocycles. The molecule has 1 aromatic carbocycles. The van der Waals surface area contributed by atoms with Crippen LogP contribution in [0.4, 0.5) is 4.39 Å². The summed E-state index contributed by atoms with van der Waals surface area (Å²) in [5, 5.41) is -0.567. The van der Waals surface area contributed by atoms with Gasteiger partial charge in [0, 0.05) is 0 Å². The molecule has 0 aliphatic heterocycles. The van der Waals surface area contributed by atoms with Crippen molar-refractivity contribution in [2.45, 2.75) is 18.7 Å². The highest BCUT2D eigenvalue weighted by Crippen LogP contribution is 2.12. The molecule has 0 bridgehead atoms. The summed E-state index contributed by atoms with van der Waals surface area (Å²) in [6.07, 6.45) is 1.03. The van der Waals surface area contributed by atoms with E-state index in [0.717, 1.165) is 5.56 Å². The van der Waals surface area contributed by atoms with Crippen LogP contribution in [0.25, 0.3) is 0 Å². The Balaban J connectivity index is 2.79. The summed E-state index contributed by atoms with van der Waals surface area (Å²) in [5.74, 6) is -0.257. The Bertz CT molecular complexity index is 312. The quantitative estimate of drug-likeness (QED) is 0.541. The van der Waals surface area contributed by atoms with Crippen molar-refractivity contribution in [1.82, 2.24) is 0 Å². The second-order valence-electron chi connectivity index (χ2n) is 2.94. The van der Waals surface area contributed by atoms with Crippen molar-refractivity contribution < 1.29 is 9.18 Å². The van der Waals surface area contributed by atoms with Crippen molar-refractivity contribution in [2.24, 2.45) is 0 Å². The van der Waals surface area contributed by atoms with Gasteiger partial charge in [-0.15, -0.1) is 11.6 Å². The van der Waals surface area contributed by atoms with Crippen LogP contribution in [0.3, 0.4) is 0 Å². The molecule has 0 amide bonds. The van der Waals surface area contributed by atoms with Crippen molar-refractivity contribution in [3.63, 3.8) is 0 Å². The van der Waals surface area contributed by atoms with Crippen molar-refractivity contribution in [1.29, 1.82) is 0 Å². The van der Waals surface area contributed by atoms with Crippen LogP contribution < -0.4 is 0 Å². The van der Waals surface area contributed by atoms with Crippen LogP contribution in [-0.4, -0.2) is 11.7 Å². The number of hydrogen-bond donors (Lipinski definition) is 0. The van der Waals surface area contributed by atoms with Crippen LogP contribution >= 0.6 is 11.6 Å². The van der Waals surface area contributed by atoms with Gasteiger partial charge in [-0.3, -0.25) is 0 Å². The molecule has 1 atom stereocenters. The first kappa shape index (κ1) is 10.2. The van der Waals surface area contributed by atoms with E-state index in [-0.39, 0.29) is 5.82 Å². The lowest BCUT2D eigenvalue weighted by Crippen LogP contribution is -2.04. The topological polar surface area (TPSA) is 17.1 Å². The van der Waals surface area contributed by atoms with E-state index < -0.39 is 5.38 Å². The Labute approximate surface area is 81.5 Å². The Kier molecular flexibility index (Phi) is 3.43. The Morgan fingerprint density at radius 2 is 2.31 bits per heavy atom. The normalized spacial score (nSPS) is 12.5. The number of halogens is 2. The zero-order valence-corrected chi connectivity index (χ0v) is 8.01. The average Bonchev–Trinajstić information content (AvgIpc) is 2.11. The monoisotopic (exact) mass is 200 g/mol. The summed E-state index contributed by atoms with van der Waals surface area (Å²) in [5.41, 5.74) is 1.34. The van der Waals surface area contributed by atoms with Crippen LogP contribution in [0, 0.1) is 12.7 Å². The average molecular weight is 201 g/mol. The molecular formula is C10H10ClFO. The fourth-order valence-corrected chi connectivity index (χ4v) is 1.21. The van der Waals surface area contributed by atoms with Gasteiger partial charge in [0.05, 0.1) is 5.38 Å². The van der Waals surface area contributed by atoms with E-state index in [0.29, 0.717) is 18.3 Å². The molecule has 0 saturated carbocycles. The minimum Gasteiger partial charge on any atom is -0.302 e. The molecule has 1 unspecified atom stereocenters. The molecule has 3 heteroatoms. The Hall–Kier alpha value is -0.890. The molecule has 0 aromatic heterocycles. The summed E-state index contributed by atoms with van der Waals surface area (Å²) >= 11 is 5.60. The molecular weight excluding hydrogens is 191 g/mol. The second kappa shape index (κ2) is 4.38. The van der Waals surface area contributed by atoms with Crippen LogP contribution in [0.5, 0.6) is 0 Å². The van der Waals surface area contributed by atoms with Crippen LogP contribution in [0.1, 0.15) is 11.1 Å². The number of benzene rings is 1. The van der Waals surface area contributed by atoms with Gasteiger partial charge < -0.3 is 4.79 Å². The van der Waals surface area contributed by atoms with Gasteiger partial charge in [-0.25, -0.2) is 4.39 Å². The molecule has 0 fully saturated rings. The third-order valence-corrected chi connectivity index (χ3v) is 2.07. The lowest BCUT2D eigenvalue weighted by molar-refractivity contribution is -0.107. The van der Waals surface area contributed by atoms with E-state index in [1.165, 1.54) is 6.07 Å². The summed E-state index contributed by atoms with van der Waals surface area (Å²) in [6, 6.07) is 4.87. The molecule has 1 nitrogen and oxygen atoms in total. The highest BCUT2D eigenvalue weighted by atomic mass is 35.5. The van der Waals surface area contributed by atoms with E-state index in [2.05, 4.69) is 0 Å². The van der Waals surface area contributed by atoms with Gasteiger partial charge >= 0.3 is 0 Å². The molecule has 0 radical (unpaired) electrons. The van der Waals surface area contributed by atoms with Gasteiger partial charge in [-0.1, -0.05) is 12.1 Å². The van der Waals surface area contributed by atoms with Gasteiger partial charge in [-0.2, -0.15) is 0 Å². The molecule has 70 valence electrons. The zero-order chi connectivity index (χ0) is 9.84. The van der Waals surface area contributed by atoms with Gasteiger partial charge in [0.15, 0.2) is 0 Å². The summed E-state index contributed by atoms with van der Waals surface area (Å²) in [6.45, 7) is 1.69. The third kappa shape index (κ3) is 2.81. The first-order valence-electron chi connectivity index (χ1n) is 3.98. The zero-order valence-electron chi connectivity index (χ0n) is 7.26. The van der Waals surface area contributed by atoms with E-state index >= 15 is 0 Å². The lowest BCUT2D eigenvalue weighted by atomic mass is 10.1. The van der Waals surface area contributed by atoms with Crippen LogP contribution in [-0.2, 0) is 11.2 Å². The second-order valence-corrected chi connectivity index (χ2v) is 3.50. The van der Waals surface area contributed by atoms with Gasteiger partial charge in [-0.05, 0) is 30.5 Å². The molecule has 0 saturated heterocycles. The standard InChI is InChI=1S/C10H10ClFO/c1-7-2-3-8(5-10(7)12)4-9(11)6-13/h2-3,5-6,9H,4H2,1H3. The highest BCUT2D eigenvalue weighted by molar-refractivity contribution is 6.27. The van der Waals surface area contributed by atoms with Gasteiger partial charge in [0.25, 0.3) is 0 Å². The summed E-state index contributed by atoms with van der Waals surface area (Å²) in [7, 11) is 0. The lowest BCUT2D eigenvalue weighted by Gasteiger charge is -2.03. The van der Waals surface area contributed by atoms with Crippen LogP contribution in [0.2, 0.25) is 0 Å². The van der Waals surface area contributed by atoms with Crippen molar-refractivity contribution in [3.05, 3.63) is 35.1 Å². The number of aldehydes is 1. The molecule has 1 aromatic rings. The maximum atomic E-state index is 13.0. The molecule has 0 spiro atoms. The van der Waals surface area contributed by atoms with Crippen molar-refractivity contribution >= 4 is 17.9 Å². The minimum absolute atomic E-state index is 0.257. The van der Waals surface area contributed by atoms with E-state index in [1.807, 2.05) is 0 Å². The van der Waals surface area contributed by atoms with Gasteiger partial charge in [0.1, 0.15) is 12.1 Å². The fraction of sp³-hybridized carbons (Fsp3) is 0.300. The smallest absolute Gasteiger partial charge is 0.138 e. The SMILES string of the molecule is Cc1ccc(CC(Cl)C=O)cc1F. The Morgan fingerprint density at radius 1 is 1.62 bits per heavy atom. The maximum absolute atomic E-state index is 13.0. The first-order valence-corrected chi connectivity index (χ1v) is 4.41. The van der Waals surface area contributed by atoms with Gasteiger partial charge in [0.2, 0.25) is 0 Å². The highest BCUT2D eigenvalue weighted by Gasteiger charge is 2.05.